The topological polar surface area (TPSA) is 50.1 Å². The minimum absolute atomic E-state index is 0.258. The van der Waals surface area contributed by atoms with E-state index in [9.17, 15) is 4.79 Å². The molecule has 0 spiro atoms. The minimum Gasteiger partial charge on any atom is -0.351 e. The molecule has 0 radical (unpaired) electrons. The molecule has 0 aromatic rings. The van der Waals surface area contributed by atoms with Crippen molar-refractivity contribution >= 4 is 5.97 Å². The van der Waals surface area contributed by atoms with Crippen LogP contribution >= 0.6 is 0 Å². The quantitative estimate of drug-likeness (QED) is 0.353. The molecular weight excluding hydrogens is 94.0 g/mol. The van der Waals surface area contributed by atoms with Gasteiger partial charge in [0.05, 0.1) is 0 Å². The number of hydrogen-bond donors (Lipinski definition) is 0. The van der Waals surface area contributed by atoms with Gasteiger partial charge in [-0.15, -0.1) is 5.26 Å². The van der Waals surface area contributed by atoms with Gasteiger partial charge in [-0.2, -0.15) is 0 Å². The molecule has 0 N–H and O–H groups in total. The number of hydrogen-bond acceptors (Lipinski definition) is 3. The van der Waals surface area contributed by atoms with Crippen LogP contribution in [0.3, 0.4) is 0 Å². The summed E-state index contributed by atoms with van der Waals surface area (Å²) in [5.41, 5.74) is 0. The van der Waals surface area contributed by atoms with Crippen LogP contribution in [0.15, 0.2) is 0 Å². The molecule has 0 aliphatic carbocycles. The fourth-order valence-electron chi connectivity index (χ4n) is 0.123. The molecule has 0 unspecified atom stereocenters. The fraction of sp³-hybridized carbons (Fsp3) is 0.500. The summed E-state index contributed by atoms with van der Waals surface area (Å²) in [5.74, 6) is -0.484. The summed E-state index contributed by atoms with van der Waals surface area (Å²) in [7, 11) is 0. The molecule has 0 aliphatic heterocycles. The van der Waals surface area contributed by atoms with Crippen LogP contribution in [-0.2, 0) is 9.53 Å². The zero-order chi connectivity index (χ0) is 5.70. The van der Waals surface area contributed by atoms with E-state index >= 15 is 0 Å². The normalized spacial score (nSPS) is 6.86. The van der Waals surface area contributed by atoms with Gasteiger partial charge in [-0.25, -0.2) is 0 Å². The first-order valence-corrected chi connectivity index (χ1v) is 1.90. The van der Waals surface area contributed by atoms with Crippen molar-refractivity contribution in [2.75, 3.05) is 0 Å². The summed E-state index contributed by atoms with van der Waals surface area (Å²) < 4.78 is 3.86. The van der Waals surface area contributed by atoms with Gasteiger partial charge in [0.1, 0.15) is 0 Å². The summed E-state index contributed by atoms with van der Waals surface area (Å²) in [6.07, 6.45) is 1.53. The molecule has 0 saturated carbocycles. The van der Waals surface area contributed by atoms with E-state index in [1.165, 1.54) is 6.26 Å². The van der Waals surface area contributed by atoms with Gasteiger partial charge in [0.2, 0.25) is 0 Å². The summed E-state index contributed by atoms with van der Waals surface area (Å²) in [5, 5.41) is 7.67. The highest BCUT2D eigenvalue weighted by molar-refractivity contribution is 5.69. The number of carbonyl (C=O) groups excluding carboxylic acids is 1. The lowest BCUT2D eigenvalue weighted by molar-refractivity contribution is -0.136. The standard InChI is InChI=1S/C4H5NO2/c1-2-4(6)7-3-5/h2H2,1H3. The maximum absolute atomic E-state index is 9.97. The summed E-state index contributed by atoms with van der Waals surface area (Å²) >= 11 is 0. The Morgan fingerprint density at radius 3 is 2.71 bits per heavy atom. The SMILES string of the molecule is CCC(=O)OC#N. The van der Waals surface area contributed by atoms with Crippen molar-refractivity contribution in [3.8, 4) is 6.26 Å². The minimum atomic E-state index is -0.484. The van der Waals surface area contributed by atoms with Crippen LogP contribution in [0.4, 0.5) is 0 Å². The zero-order valence-corrected chi connectivity index (χ0v) is 3.97. The number of nitriles is 1. The van der Waals surface area contributed by atoms with E-state index in [1.54, 1.807) is 6.92 Å². The number of nitrogens with zero attached hydrogens (tertiary/aromatic N) is 1. The van der Waals surface area contributed by atoms with Crippen LogP contribution in [0.1, 0.15) is 13.3 Å². The molecule has 0 rings (SSSR count). The smallest absolute Gasteiger partial charge is 0.321 e. The summed E-state index contributed by atoms with van der Waals surface area (Å²) in [4.78, 5) is 9.97. The third-order valence-electron chi connectivity index (χ3n) is 0.448. The average molecular weight is 99.1 g/mol. The van der Waals surface area contributed by atoms with E-state index in [-0.39, 0.29) is 6.42 Å². The number of rotatable bonds is 1. The van der Waals surface area contributed by atoms with Gasteiger partial charge >= 0.3 is 5.97 Å². The van der Waals surface area contributed by atoms with E-state index in [4.69, 9.17) is 5.26 Å². The lowest BCUT2D eigenvalue weighted by Crippen LogP contribution is -1.94. The second-order valence-electron chi connectivity index (χ2n) is 0.919. The molecule has 0 amide bonds. The van der Waals surface area contributed by atoms with Gasteiger partial charge in [0, 0.05) is 6.42 Å². The molecular formula is C4H5NO2. The second-order valence-corrected chi connectivity index (χ2v) is 0.919. The highest BCUT2D eigenvalue weighted by Gasteiger charge is 1.92. The molecule has 3 nitrogen and oxygen atoms in total. The van der Waals surface area contributed by atoms with Gasteiger partial charge in [-0.3, -0.25) is 4.79 Å². The highest BCUT2D eigenvalue weighted by atomic mass is 16.5. The second kappa shape index (κ2) is 3.16. The number of ether oxygens (including phenoxy) is 1. The van der Waals surface area contributed by atoms with Crippen molar-refractivity contribution < 1.29 is 9.53 Å². The van der Waals surface area contributed by atoms with Crippen molar-refractivity contribution in [3.05, 3.63) is 0 Å². The predicted molar refractivity (Wildman–Crippen MR) is 22.0 cm³/mol. The zero-order valence-electron chi connectivity index (χ0n) is 3.97. The van der Waals surface area contributed by atoms with Gasteiger partial charge in [-0.1, -0.05) is 6.92 Å². The van der Waals surface area contributed by atoms with Crippen LogP contribution in [0.2, 0.25) is 0 Å². The van der Waals surface area contributed by atoms with Crippen LogP contribution in [0.25, 0.3) is 0 Å². The first-order valence-electron chi connectivity index (χ1n) is 1.90. The molecule has 0 bridgehead atoms. The van der Waals surface area contributed by atoms with Crippen molar-refractivity contribution in [2.45, 2.75) is 13.3 Å². The monoisotopic (exact) mass is 99.0 g/mol. The number of carbonyl (C=O) groups is 1. The predicted octanol–water partition coefficient (Wildman–Crippen LogP) is 0.421. The molecule has 0 saturated heterocycles. The van der Waals surface area contributed by atoms with Crippen molar-refractivity contribution in [2.24, 2.45) is 0 Å². The Morgan fingerprint density at radius 1 is 2.00 bits per heavy atom. The maximum atomic E-state index is 9.97. The van der Waals surface area contributed by atoms with Crippen LogP contribution < -0.4 is 0 Å². The molecule has 38 valence electrons. The third-order valence-corrected chi connectivity index (χ3v) is 0.448. The largest absolute Gasteiger partial charge is 0.351 e. The van der Waals surface area contributed by atoms with Crippen molar-refractivity contribution in [1.82, 2.24) is 0 Å². The van der Waals surface area contributed by atoms with Crippen LogP contribution in [0.5, 0.6) is 0 Å². The molecule has 0 aliphatic rings. The molecule has 0 fully saturated rings. The van der Waals surface area contributed by atoms with E-state index < -0.39 is 5.97 Å². The summed E-state index contributed by atoms with van der Waals surface area (Å²) in [6.45, 7) is 1.62. The molecule has 0 atom stereocenters. The lowest BCUT2D eigenvalue weighted by Gasteiger charge is -1.82. The molecule has 0 heterocycles. The van der Waals surface area contributed by atoms with Crippen LogP contribution in [-0.4, -0.2) is 5.97 Å². The first kappa shape index (κ1) is 5.96. The van der Waals surface area contributed by atoms with Gasteiger partial charge in [-0.05, 0) is 0 Å². The van der Waals surface area contributed by atoms with Gasteiger partial charge < -0.3 is 4.74 Å². The van der Waals surface area contributed by atoms with Gasteiger partial charge in [0.15, 0.2) is 0 Å². The van der Waals surface area contributed by atoms with E-state index in [2.05, 4.69) is 4.74 Å². The lowest BCUT2D eigenvalue weighted by atomic mass is 10.5. The van der Waals surface area contributed by atoms with E-state index in [0.29, 0.717) is 0 Å². The average Bonchev–Trinajstić information content (AvgIpc) is 1.68. The van der Waals surface area contributed by atoms with Crippen molar-refractivity contribution in [3.63, 3.8) is 0 Å². The van der Waals surface area contributed by atoms with E-state index in [0.717, 1.165) is 0 Å². The molecule has 0 aromatic carbocycles. The Hall–Kier alpha value is -1.04. The molecule has 7 heavy (non-hydrogen) atoms. The Balaban J connectivity index is 3.23. The highest BCUT2D eigenvalue weighted by Crippen LogP contribution is 1.78. The Kier molecular flexibility index (Phi) is 2.69. The molecule has 0 aromatic heterocycles. The summed E-state index contributed by atoms with van der Waals surface area (Å²) in [6, 6.07) is 0. The fourth-order valence-corrected chi connectivity index (χ4v) is 0.123. The first-order chi connectivity index (χ1) is 3.31. The Bertz CT molecular complexity index is 103. The maximum Gasteiger partial charge on any atom is 0.321 e. The third kappa shape index (κ3) is 2.77. The number of esters is 1. The van der Waals surface area contributed by atoms with Gasteiger partial charge in [0.25, 0.3) is 6.26 Å². The Morgan fingerprint density at radius 2 is 2.57 bits per heavy atom. The van der Waals surface area contributed by atoms with E-state index in [1.807, 2.05) is 0 Å². The Labute approximate surface area is 41.5 Å². The van der Waals surface area contributed by atoms with Crippen molar-refractivity contribution in [1.29, 1.82) is 5.26 Å². The van der Waals surface area contributed by atoms with Crippen LogP contribution in [0, 0.1) is 11.5 Å². The molecule has 3 heteroatoms.